The maximum Gasteiger partial charge on any atom is 0.304 e. The van der Waals surface area contributed by atoms with Gasteiger partial charge >= 0.3 is 4.87 Å². The van der Waals surface area contributed by atoms with E-state index >= 15 is 0 Å². The molecule has 0 fully saturated rings. The van der Waals surface area contributed by atoms with Crippen molar-refractivity contribution < 1.29 is 4.39 Å². The zero-order valence-electron chi connectivity index (χ0n) is 6.88. The number of H-pyrrole nitrogens is 1. The molecule has 1 N–H and O–H groups in total. The molecule has 1 aromatic heterocycles. The predicted octanol–water partition coefficient (Wildman–Crippen LogP) is 2.90. The van der Waals surface area contributed by atoms with Crippen LogP contribution in [0.5, 0.6) is 0 Å². The van der Waals surface area contributed by atoms with Gasteiger partial charge in [-0.2, -0.15) is 0 Å². The van der Waals surface area contributed by atoms with Crippen LogP contribution in [0, 0.1) is 5.82 Å². The van der Waals surface area contributed by atoms with Crippen molar-refractivity contribution in [3.8, 4) is 11.3 Å². The Morgan fingerprint density at radius 1 is 1.43 bits per heavy atom. The van der Waals surface area contributed by atoms with Crippen molar-refractivity contribution in [3.63, 3.8) is 0 Å². The van der Waals surface area contributed by atoms with E-state index in [1.807, 2.05) is 0 Å². The molecule has 72 valence electrons. The fourth-order valence-electron chi connectivity index (χ4n) is 1.12. The highest BCUT2D eigenvalue weighted by molar-refractivity contribution is 7.07. The first-order valence-electron chi connectivity index (χ1n) is 3.80. The van der Waals surface area contributed by atoms with Crippen LogP contribution in [0.4, 0.5) is 4.39 Å². The fraction of sp³-hybridized carbons (Fsp3) is 0. The standard InChI is InChI=1S/C9H5ClFNOS/c10-7-3-5(11)1-2-6(7)8-4-14-9(13)12-8/h1-4H,(H,12,13). The van der Waals surface area contributed by atoms with E-state index in [1.165, 1.54) is 18.2 Å². The number of aromatic nitrogens is 1. The Morgan fingerprint density at radius 2 is 2.21 bits per heavy atom. The van der Waals surface area contributed by atoms with Crippen molar-refractivity contribution in [1.82, 2.24) is 4.98 Å². The molecule has 0 saturated heterocycles. The second-order valence-electron chi connectivity index (χ2n) is 2.69. The van der Waals surface area contributed by atoms with Crippen molar-refractivity contribution in [1.29, 1.82) is 0 Å². The van der Waals surface area contributed by atoms with E-state index in [-0.39, 0.29) is 4.87 Å². The summed E-state index contributed by atoms with van der Waals surface area (Å²) in [6.07, 6.45) is 0. The zero-order valence-corrected chi connectivity index (χ0v) is 8.45. The number of aromatic amines is 1. The zero-order chi connectivity index (χ0) is 10.1. The molecule has 0 spiro atoms. The van der Waals surface area contributed by atoms with E-state index in [1.54, 1.807) is 5.38 Å². The topological polar surface area (TPSA) is 32.9 Å². The molecule has 2 aromatic rings. The Kier molecular flexibility index (Phi) is 2.39. The first-order valence-corrected chi connectivity index (χ1v) is 5.06. The summed E-state index contributed by atoms with van der Waals surface area (Å²) in [5, 5.41) is 1.95. The summed E-state index contributed by atoms with van der Waals surface area (Å²) in [6, 6.07) is 4.06. The van der Waals surface area contributed by atoms with Gasteiger partial charge < -0.3 is 4.98 Å². The highest BCUT2D eigenvalue weighted by Crippen LogP contribution is 2.26. The van der Waals surface area contributed by atoms with Crippen molar-refractivity contribution in [2.24, 2.45) is 0 Å². The largest absolute Gasteiger partial charge is 0.312 e. The van der Waals surface area contributed by atoms with E-state index in [0.29, 0.717) is 16.3 Å². The summed E-state index contributed by atoms with van der Waals surface area (Å²) < 4.78 is 12.7. The summed E-state index contributed by atoms with van der Waals surface area (Å²) in [5.41, 5.74) is 1.25. The Morgan fingerprint density at radius 3 is 2.79 bits per heavy atom. The van der Waals surface area contributed by atoms with Gasteiger partial charge in [-0.05, 0) is 18.2 Å². The minimum Gasteiger partial charge on any atom is -0.312 e. The van der Waals surface area contributed by atoms with Crippen LogP contribution < -0.4 is 4.87 Å². The van der Waals surface area contributed by atoms with Crippen LogP contribution >= 0.6 is 22.9 Å². The molecule has 5 heteroatoms. The summed E-state index contributed by atoms with van der Waals surface area (Å²) in [4.78, 5) is 13.3. The molecule has 0 saturated carbocycles. The number of hydrogen-bond donors (Lipinski definition) is 1. The van der Waals surface area contributed by atoms with Crippen LogP contribution in [0.1, 0.15) is 0 Å². The highest BCUT2D eigenvalue weighted by Gasteiger charge is 2.06. The molecule has 0 atom stereocenters. The summed E-state index contributed by atoms with van der Waals surface area (Å²) in [5.74, 6) is -0.392. The second kappa shape index (κ2) is 3.55. The first kappa shape index (κ1) is 9.43. The van der Waals surface area contributed by atoms with Gasteiger partial charge in [0, 0.05) is 10.9 Å². The van der Waals surface area contributed by atoms with Crippen LogP contribution in [0.15, 0.2) is 28.4 Å². The van der Waals surface area contributed by atoms with Crippen molar-refractivity contribution >= 4 is 22.9 Å². The van der Waals surface area contributed by atoms with Gasteiger partial charge in [-0.1, -0.05) is 22.9 Å². The van der Waals surface area contributed by atoms with Gasteiger partial charge in [0.05, 0.1) is 10.7 Å². The van der Waals surface area contributed by atoms with E-state index in [9.17, 15) is 9.18 Å². The molecule has 0 amide bonds. The third-order valence-electron chi connectivity index (χ3n) is 1.74. The molecule has 0 aliphatic rings. The number of benzene rings is 1. The summed E-state index contributed by atoms with van der Waals surface area (Å²) in [7, 11) is 0. The average molecular weight is 230 g/mol. The molecule has 0 aliphatic heterocycles. The summed E-state index contributed by atoms with van der Waals surface area (Å²) >= 11 is 6.86. The lowest BCUT2D eigenvalue weighted by Gasteiger charge is -2.00. The third-order valence-corrected chi connectivity index (χ3v) is 2.72. The molecule has 0 bridgehead atoms. The number of rotatable bonds is 1. The Bertz CT molecular complexity index is 520. The molecule has 2 rings (SSSR count). The molecule has 0 aliphatic carbocycles. The van der Waals surface area contributed by atoms with Crippen molar-refractivity contribution in [2.45, 2.75) is 0 Å². The molecule has 0 unspecified atom stereocenters. The predicted molar refractivity (Wildman–Crippen MR) is 55.3 cm³/mol. The molecular formula is C9H5ClFNOS. The minimum atomic E-state index is -0.392. The van der Waals surface area contributed by atoms with Gasteiger partial charge in [-0.15, -0.1) is 0 Å². The Balaban J connectivity index is 2.57. The van der Waals surface area contributed by atoms with Gasteiger partial charge in [-0.25, -0.2) is 4.39 Å². The van der Waals surface area contributed by atoms with Gasteiger partial charge in [0.15, 0.2) is 0 Å². The molecule has 1 aromatic carbocycles. The number of hydrogen-bond acceptors (Lipinski definition) is 2. The van der Waals surface area contributed by atoms with Crippen molar-refractivity contribution in [3.05, 3.63) is 44.1 Å². The lowest BCUT2D eigenvalue weighted by molar-refractivity contribution is 0.628. The SMILES string of the molecule is O=c1[nH]c(-c2ccc(F)cc2Cl)cs1. The second-order valence-corrected chi connectivity index (χ2v) is 3.94. The Hall–Kier alpha value is -1.13. The maximum atomic E-state index is 12.7. The lowest BCUT2D eigenvalue weighted by Crippen LogP contribution is -1.92. The van der Waals surface area contributed by atoms with Crippen LogP contribution in [0.2, 0.25) is 5.02 Å². The number of halogens is 2. The monoisotopic (exact) mass is 229 g/mol. The van der Waals surface area contributed by atoms with Gasteiger partial charge in [-0.3, -0.25) is 4.79 Å². The van der Waals surface area contributed by atoms with Crippen molar-refractivity contribution in [2.75, 3.05) is 0 Å². The summed E-state index contributed by atoms with van der Waals surface area (Å²) in [6.45, 7) is 0. The van der Waals surface area contributed by atoms with Crippen LogP contribution in [0.25, 0.3) is 11.3 Å². The van der Waals surface area contributed by atoms with E-state index < -0.39 is 5.82 Å². The molecule has 14 heavy (non-hydrogen) atoms. The lowest BCUT2D eigenvalue weighted by atomic mass is 10.2. The molecule has 2 nitrogen and oxygen atoms in total. The highest BCUT2D eigenvalue weighted by atomic mass is 35.5. The number of thiazole rings is 1. The van der Waals surface area contributed by atoms with Gasteiger partial charge in [0.25, 0.3) is 0 Å². The molecule has 1 heterocycles. The Labute approximate surface area is 88.0 Å². The van der Waals surface area contributed by atoms with E-state index in [2.05, 4.69) is 4.98 Å². The molecule has 0 radical (unpaired) electrons. The van der Waals surface area contributed by atoms with Crippen LogP contribution in [-0.4, -0.2) is 4.98 Å². The smallest absolute Gasteiger partial charge is 0.304 e. The minimum absolute atomic E-state index is 0.152. The normalized spacial score (nSPS) is 10.4. The molecular weight excluding hydrogens is 225 g/mol. The van der Waals surface area contributed by atoms with Crippen LogP contribution in [-0.2, 0) is 0 Å². The maximum absolute atomic E-state index is 12.7. The third kappa shape index (κ3) is 1.71. The van der Waals surface area contributed by atoms with E-state index in [4.69, 9.17) is 11.6 Å². The van der Waals surface area contributed by atoms with Gasteiger partial charge in [0.1, 0.15) is 5.82 Å². The average Bonchev–Trinajstić information content (AvgIpc) is 2.51. The fourth-order valence-corrected chi connectivity index (χ4v) is 1.97. The quantitative estimate of drug-likeness (QED) is 0.801. The van der Waals surface area contributed by atoms with E-state index in [0.717, 1.165) is 11.3 Å². The van der Waals surface area contributed by atoms with Gasteiger partial charge in [0.2, 0.25) is 0 Å². The van der Waals surface area contributed by atoms with Crippen LogP contribution in [0.3, 0.4) is 0 Å². The number of nitrogens with one attached hydrogen (secondary N) is 1. The first-order chi connectivity index (χ1) is 6.66.